The lowest BCUT2D eigenvalue weighted by molar-refractivity contribution is -0.138. The van der Waals surface area contributed by atoms with E-state index in [-0.39, 0.29) is 50.5 Å². The molecule has 3 aromatic carbocycles. The lowest BCUT2D eigenvalue weighted by atomic mass is 9.82. The number of aromatic nitrogens is 2. The van der Waals surface area contributed by atoms with Gasteiger partial charge in [-0.05, 0) is 58.2 Å². The Hall–Kier alpha value is -6.76. The Balaban J connectivity index is 1.41. The van der Waals surface area contributed by atoms with Gasteiger partial charge in [-0.3, -0.25) is 0 Å². The predicted molar refractivity (Wildman–Crippen MR) is 168 cm³/mol. The van der Waals surface area contributed by atoms with E-state index in [9.17, 15) is 47.4 Å². The third-order valence-corrected chi connectivity index (χ3v) is 8.85. The van der Waals surface area contributed by atoms with Crippen LogP contribution < -0.4 is 0 Å². The molecule has 12 heteroatoms. The minimum absolute atomic E-state index is 0.124. The molecule has 3 aliphatic carbocycles. The first-order valence-electron chi connectivity index (χ1n) is 14.8. The fourth-order valence-electron chi connectivity index (χ4n) is 6.63. The van der Waals surface area contributed by atoms with E-state index in [2.05, 4.69) is 0 Å². The fourth-order valence-corrected chi connectivity index (χ4v) is 6.63. The van der Waals surface area contributed by atoms with Crippen molar-refractivity contribution in [3.05, 3.63) is 135 Å². The largest absolute Gasteiger partial charge is 0.416 e. The van der Waals surface area contributed by atoms with Crippen molar-refractivity contribution in [2.45, 2.75) is 18.3 Å². The molecule has 240 valence electrons. The SMILES string of the molecule is N#CC(C#N)=C1c2cc(-c3cccc(C(F)(F)F)c3)ccc2-c2nc3c(nc21)C1C=CC(c2cccc(C(F)(F)F)c2)=CC1C3=C(C#N)C#N. The van der Waals surface area contributed by atoms with Crippen LogP contribution >= 0.6 is 0 Å². The summed E-state index contributed by atoms with van der Waals surface area (Å²) in [7, 11) is 0. The summed E-state index contributed by atoms with van der Waals surface area (Å²) in [5, 5.41) is 39.8. The first kappa shape index (κ1) is 31.8. The van der Waals surface area contributed by atoms with E-state index in [1.807, 2.05) is 24.3 Å². The Morgan fingerprint density at radius 1 is 0.600 bits per heavy atom. The molecule has 2 atom stereocenters. The molecule has 0 bridgehead atoms. The number of rotatable bonds is 2. The second kappa shape index (κ2) is 11.4. The van der Waals surface area contributed by atoms with Crippen LogP contribution in [0.25, 0.3) is 39.1 Å². The van der Waals surface area contributed by atoms with Gasteiger partial charge in [-0.1, -0.05) is 54.6 Å². The Morgan fingerprint density at radius 3 is 1.82 bits per heavy atom. The Kier molecular flexibility index (Phi) is 7.28. The predicted octanol–water partition coefficient (Wildman–Crippen LogP) is 9.18. The minimum atomic E-state index is -4.58. The molecule has 0 saturated heterocycles. The quantitative estimate of drug-likeness (QED) is 0.136. The molecule has 3 aliphatic rings. The molecule has 7 rings (SSSR count). The van der Waals surface area contributed by atoms with Crippen LogP contribution in [0, 0.1) is 51.2 Å². The average molecular weight is 671 g/mol. The molecule has 0 spiro atoms. The van der Waals surface area contributed by atoms with E-state index in [1.165, 1.54) is 24.3 Å². The van der Waals surface area contributed by atoms with Crippen LogP contribution in [0.15, 0.2) is 96.1 Å². The normalized spacial score (nSPS) is 16.9. The second-order valence-corrected chi connectivity index (χ2v) is 11.6. The summed E-state index contributed by atoms with van der Waals surface area (Å²) in [6.45, 7) is 0. The summed E-state index contributed by atoms with van der Waals surface area (Å²) >= 11 is 0. The highest BCUT2D eigenvalue weighted by atomic mass is 19.4. The minimum Gasteiger partial charge on any atom is -0.247 e. The van der Waals surface area contributed by atoms with Gasteiger partial charge in [0.25, 0.3) is 0 Å². The fraction of sp³-hybridized carbons (Fsp3) is 0.105. The first-order chi connectivity index (χ1) is 23.9. The first-order valence-corrected chi connectivity index (χ1v) is 14.8. The zero-order valence-corrected chi connectivity index (χ0v) is 25.2. The number of alkyl halides is 6. The molecular formula is C38H16F6N6. The second-order valence-electron chi connectivity index (χ2n) is 11.6. The van der Waals surface area contributed by atoms with Gasteiger partial charge in [-0.2, -0.15) is 47.4 Å². The number of halogens is 6. The highest BCUT2D eigenvalue weighted by Crippen LogP contribution is 2.54. The standard InChI is InChI=1S/C38H16F6N6/c39-37(40,41)25-5-1-3-19(11-25)21-7-9-27-29(13-21)31(23(15-45)16-46)35-33(27)49-36-32(24(17-47)18-48)30-14-22(8-10-28(30)34(36)50-35)20-4-2-6-26(12-20)38(42,43)44/h1-14,27,29H. The van der Waals surface area contributed by atoms with Crippen LogP contribution in [-0.4, -0.2) is 9.97 Å². The van der Waals surface area contributed by atoms with Gasteiger partial charge in [-0.25, -0.2) is 9.97 Å². The van der Waals surface area contributed by atoms with E-state index in [4.69, 9.17) is 9.97 Å². The monoisotopic (exact) mass is 670 g/mol. The Labute approximate surface area is 280 Å². The summed E-state index contributed by atoms with van der Waals surface area (Å²) in [5.41, 5.74) is 1.05. The molecule has 0 aliphatic heterocycles. The number of nitriles is 4. The topological polar surface area (TPSA) is 121 Å². The highest BCUT2D eigenvalue weighted by Gasteiger charge is 2.43. The van der Waals surface area contributed by atoms with E-state index >= 15 is 0 Å². The average Bonchev–Trinajstić information content (AvgIpc) is 3.59. The van der Waals surface area contributed by atoms with Crippen molar-refractivity contribution in [1.29, 1.82) is 21.0 Å². The number of hydrogen-bond donors (Lipinski definition) is 0. The number of benzene rings is 3. The van der Waals surface area contributed by atoms with Crippen LogP contribution in [0.5, 0.6) is 0 Å². The molecule has 0 fully saturated rings. The molecule has 6 nitrogen and oxygen atoms in total. The van der Waals surface area contributed by atoms with Gasteiger partial charge in [-0.15, -0.1) is 0 Å². The molecule has 0 radical (unpaired) electrons. The van der Waals surface area contributed by atoms with Gasteiger partial charge >= 0.3 is 12.4 Å². The number of fused-ring (bicyclic) bond motifs is 6. The van der Waals surface area contributed by atoms with Crippen LogP contribution in [0.2, 0.25) is 0 Å². The van der Waals surface area contributed by atoms with Crippen molar-refractivity contribution < 1.29 is 26.3 Å². The third kappa shape index (κ3) is 5.03. The molecule has 4 aromatic rings. The zero-order chi connectivity index (χ0) is 35.5. The van der Waals surface area contributed by atoms with Crippen molar-refractivity contribution in [3.8, 4) is 46.7 Å². The Bertz CT molecular complexity index is 2440. The summed E-state index contributed by atoms with van der Waals surface area (Å²) in [6, 6.07) is 21.8. The maximum atomic E-state index is 13.5. The molecule has 1 heterocycles. The van der Waals surface area contributed by atoms with E-state index in [0.717, 1.165) is 24.3 Å². The van der Waals surface area contributed by atoms with E-state index < -0.39 is 35.3 Å². The summed E-state index contributed by atoms with van der Waals surface area (Å²) in [6.07, 6.45) is -4.16. The Morgan fingerprint density at radius 2 is 1.20 bits per heavy atom. The van der Waals surface area contributed by atoms with Crippen molar-refractivity contribution in [2.75, 3.05) is 0 Å². The zero-order valence-electron chi connectivity index (χ0n) is 25.2. The maximum Gasteiger partial charge on any atom is 0.416 e. The van der Waals surface area contributed by atoms with Gasteiger partial charge in [0, 0.05) is 28.5 Å². The van der Waals surface area contributed by atoms with Gasteiger partial charge in [0.1, 0.15) is 35.4 Å². The van der Waals surface area contributed by atoms with Crippen LogP contribution in [0.1, 0.15) is 45.3 Å². The van der Waals surface area contributed by atoms with Crippen molar-refractivity contribution >= 4 is 16.7 Å². The lowest BCUT2D eigenvalue weighted by Crippen LogP contribution is -2.09. The smallest absolute Gasteiger partial charge is 0.247 e. The van der Waals surface area contributed by atoms with Gasteiger partial charge in [0.15, 0.2) is 0 Å². The molecule has 50 heavy (non-hydrogen) atoms. The summed E-state index contributed by atoms with van der Waals surface area (Å²) < 4.78 is 81.0. The summed E-state index contributed by atoms with van der Waals surface area (Å²) in [5.74, 6) is -1.32. The van der Waals surface area contributed by atoms with E-state index in [1.54, 1.807) is 36.4 Å². The molecule has 1 aromatic heterocycles. The van der Waals surface area contributed by atoms with Crippen LogP contribution in [-0.2, 0) is 12.4 Å². The lowest BCUT2D eigenvalue weighted by Gasteiger charge is -2.21. The van der Waals surface area contributed by atoms with Crippen LogP contribution in [0.4, 0.5) is 26.3 Å². The van der Waals surface area contributed by atoms with Crippen LogP contribution in [0.3, 0.4) is 0 Å². The van der Waals surface area contributed by atoms with Gasteiger partial charge < -0.3 is 0 Å². The summed E-state index contributed by atoms with van der Waals surface area (Å²) in [4.78, 5) is 9.73. The number of hydrogen-bond acceptors (Lipinski definition) is 6. The molecule has 0 saturated carbocycles. The number of allylic oxidation sites excluding steroid dienone is 7. The molecule has 2 unspecified atom stereocenters. The van der Waals surface area contributed by atoms with Crippen molar-refractivity contribution in [2.24, 2.45) is 5.92 Å². The maximum absolute atomic E-state index is 13.5. The third-order valence-electron chi connectivity index (χ3n) is 8.85. The van der Waals surface area contributed by atoms with Crippen molar-refractivity contribution in [3.63, 3.8) is 0 Å². The van der Waals surface area contributed by atoms with Gasteiger partial charge in [0.2, 0.25) is 0 Å². The molecular weight excluding hydrogens is 654 g/mol. The van der Waals surface area contributed by atoms with E-state index in [0.29, 0.717) is 28.0 Å². The molecule has 0 amide bonds. The van der Waals surface area contributed by atoms with Crippen molar-refractivity contribution in [1.82, 2.24) is 9.97 Å². The number of nitrogens with zero attached hydrogens (tertiary/aromatic N) is 6. The van der Waals surface area contributed by atoms with Gasteiger partial charge in [0.05, 0.1) is 33.9 Å². The highest BCUT2D eigenvalue weighted by molar-refractivity contribution is 6.03. The molecule has 0 N–H and O–H groups in total.